The molecule has 202 valence electrons. The molecule has 1 saturated carbocycles. The van der Waals surface area contributed by atoms with Gasteiger partial charge in [0.05, 0.1) is 38.5 Å². The Labute approximate surface area is 223 Å². The van der Waals surface area contributed by atoms with E-state index in [9.17, 15) is 9.90 Å². The molecule has 0 radical (unpaired) electrons. The number of carboxylic acid groups (broad SMARTS) is 1. The van der Waals surface area contributed by atoms with Gasteiger partial charge in [-0.2, -0.15) is 5.10 Å². The summed E-state index contributed by atoms with van der Waals surface area (Å²) in [6.45, 7) is 3.50. The number of nitrogens with one attached hydrogen (secondary N) is 1. The van der Waals surface area contributed by atoms with E-state index in [2.05, 4.69) is 17.1 Å². The highest BCUT2D eigenvalue weighted by Gasteiger charge is 2.30. The van der Waals surface area contributed by atoms with Crippen LogP contribution in [0, 0.1) is 5.92 Å². The quantitative estimate of drug-likeness (QED) is 0.275. The van der Waals surface area contributed by atoms with Gasteiger partial charge in [-0.15, -0.1) is 0 Å². The van der Waals surface area contributed by atoms with Crippen molar-refractivity contribution in [2.24, 2.45) is 5.92 Å². The molecule has 1 aromatic heterocycles. The lowest BCUT2D eigenvalue weighted by Gasteiger charge is -2.26. The van der Waals surface area contributed by atoms with E-state index in [1.54, 1.807) is 7.11 Å². The van der Waals surface area contributed by atoms with Crippen molar-refractivity contribution < 1.29 is 28.8 Å². The van der Waals surface area contributed by atoms with Crippen LogP contribution in [0.25, 0.3) is 11.3 Å². The number of nitrogens with zero attached hydrogens (tertiary/aromatic N) is 1. The zero-order valence-electron chi connectivity index (χ0n) is 22.1. The van der Waals surface area contributed by atoms with Gasteiger partial charge in [0.15, 0.2) is 0 Å². The molecule has 1 aliphatic heterocycles. The lowest BCUT2D eigenvalue weighted by atomic mass is 9.90. The van der Waals surface area contributed by atoms with Gasteiger partial charge in [0.1, 0.15) is 23.0 Å². The number of aromatic nitrogens is 2. The number of benzene rings is 2. The number of rotatable bonds is 13. The smallest absolute Gasteiger partial charge is 0.311 e. The summed E-state index contributed by atoms with van der Waals surface area (Å²) in [6, 6.07) is 9.70. The SMILES string of the molecule is CCCc1c(OCCCOc2ccc(-c3cc[nH]n3)c(OC)c2CC2CC2)ccc2c1OCCC2C(=O)O. The number of hydrogen-bond acceptors (Lipinski definition) is 6. The first-order valence-corrected chi connectivity index (χ1v) is 13.6. The van der Waals surface area contributed by atoms with Crippen molar-refractivity contribution in [1.29, 1.82) is 0 Å². The largest absolute Gasteiger partial charge is 0.496 e. The Morgan fingerprint density at radius 2 is 1.84 bits per heavy atom. The maximum Gasteiger partial charge on any atom is 0.311 e. The molecule has 1 unspecified atom stereocenters. The summed E-state index contributed by atoms with van der Waals surface area (Å²) in [5.74, 6) is 2.46. The van der Waals surface area contributed by atoms with Gasteiger partial charge in [-0.05, 0) is 62.3 Å². The molecule has 2 aliphatic rings. The number of fused-ring (bicyclic) bond motifs is 1. The van der Waals surface area contributed by atoms with Gasteiger partial charge in [-0.25, -0.2) is 0 Å². The van der Waals surface area contributed by atoms with Crippen molar-refractivity contribution in [2.45, 2.75) is 57.8 Å². The molecule has 1 atom stereocenters. The number of carboxylic acids is 1. The van der Waals surface area contributed by atoms with Gasteiger partial charge >= 0.3 is 5.97 Å². The van der Waals surface area contributed by atoms with Gasteiger partial charge < -0.3 is 24.1 Å². The third-order valence-electron chi connectivity index (χ3n) is 7.27. The minimum Gasteiger partial charge on any atom is -0.496 e. The zero-order valence-corrected chi connectivity index (χ0v) is 22.1. The Morgan fingerprint density at radius 3 is 2.50 bits per heavy atom. The fraction of sp³-hybridized carbons (Fsp3) is 0.467. The van der Waals surface area contributed by atoms with Crippen molar-refractivity contribution in [2.75, 3.05) is 26.9 Å². The first kappa shape index (κ1) is 25.9. The molecule has 3 aromatic rings. The molecule has 2 aromatic carbocycles. The summed E-state index contributed by atoms with van der Waals surface area (Å²) >= 11 is 0. The molecule has 0 spiro atoms. The fourth-order valence-electron chi connectivity index (χ4n) is 5.20. The Balaban J connectivity index is 1.25. The third kappa shape index (κ3) is 5.59. The van der Waals surface area contributed by atoms with Crippen LogP contribution in [0.3, 0.4) is 0 Å². The average molecular weight is 521 g/mol. The van der Waals surface area contributed by atoms with Gasteiger partial charge in [0.25, 0.3) is 0 Å². The van der Waals surface area contributed by atoms with Crippen LogP contribution in [-0.2, 0) is 17.6 Å². The van der Waals surface area contributed by atoms with Crippen molar-refractivity contribution >= 4 is 5.97 Å². The van der Waals surface area contributed by atoms with Crippen molar-refractivity contribution in [1.82, 2.24) is 10.2 Å². The average Bonchev–Trinajstić information content (AvgIpc) is 3.58. The second-order valence-electron chi connectivity index (χ2n) is 10.0. The van der Waals surface area contributed by atoms with Gasteiger partial charge in [-0.3, -0.25) is 9.89 Å². The summed E-state index contributed by atoms with van der Waals surface area (Å²) in [5, 5.41) is 16.8. The minimum atomic E-state index is -0.808. The molecule has 0 saturated heterocycles. The van der Waals surface area contributed by atoms with Gasteiger partial charge in [0, 0.05) is 34.9 Å². The topological polar surface area (TPSA) is 103 Å². The van der Waals surface area contributed by atoms with E-state index in [1.807, 2.05) is 36.5 Å². The van der Waals surface area contributed by atoms with Gasteiger partial charge in [0.2, 0.25) is 0 Å². The summed E-state index contributed by atoms with van der Waals surface area (Å²) in [7, 11) is 1.70. The molecule has 8 heteroatoms. The molecular formula is C30H36N2O6. The van der Waals surface area contributed by atoms with E-state index in [-0.39, 0.29) is 0 Å². The normalized spacial score (nSPS) is 16.4. The number of methoxy groups -OCH3 is 1. The first-order valence-electron chi connectivity index (χ1n) is 13.6. The van der Waals surface area contributed by atoms with Crippen LogP contribution < -0.4 is 18.9 Å². The van der Waals surface area contributed by atoms with E-state index in [0.717, 1.165) is 64.5 Å². The Hall–Kier alpha value is -3.68. The molecule has 8 nitrogen and oxygen atoms in total. The second kappa shape index (κ2) is 11.8. The summed E-state index contributed by atoms with van der Waals surface area (Å²) in [4.78, 5) is 11.7. The minimum absolute atomic E-state index is 0.406. The van der Waals surface area contributed by atoms with Crippen LogP contribution >= 0.6 is 0 Å². The molecular weight excluding hydrogens is 484 g/mol. The molecule has 0 bridgehead atoms. The van der Waals surface area contributed by atoms with E-state index in [4.69, 9.17) is 18.9 Å². The number of carbonyl (C=O) groups is 1. The second-order valence-corrected chi connectivity index (χ2v) is 10.0. The van der Waals surface area contributed by atoms with Crippen LogP contribution in [0.2, 0.25) is 0 Å². The number of hydrogen-bond donors (Lipinski definition) is 2. The highest BCUT2D eigenvalue weighted by atomic mass is 16.5. The van der Waals surface area contributed by atoms with E-state index in [1.165, 1.54) is 12.8 Å². The molecule has 2 N–H and O–H groups in total. The number of H-pyrrole nitrogens is 1. The van der Waals surface area contributed by atoms with E-state index < -0.39 is 11.9 Å². The van der Waals surface area contributed by atoms with Crippen molar-refractivity contribution in [3.8, 4) is 34.3 Å². The summed E-state index contributed by atoms with van der Waals surface area (Å²) in [5.41, 5.74) is 4.62. The monoisotopic (exact) mass is 520 g/mol. The highest BCUT2D eigenvalue weighted by molar-refractivity contribution is 5.78. The molecule has 1 fully saturated rings. The van der Waals surface area contributed by atoms with Crippen LogP contribution in [0.15, 0.2) is 36.5 Å². The lowest BCUT2D eigenvalue weighted by molar-refractivity contribution is -0.139. The highest BCUT2D eigenvalue weighted by Crippen LogP contribution is 2.44. The molecule has 2 heterocycles. The first-order chi connectivity index (χ1) is 18.6. The Bertz CT molecular complexity index is 1250. The standard InChI is InChI=1S/C30H36N2O6/c1-3-5-23-26(10-8-20-21(30(33)34)13-17-38-29(20)23)36-15-4-16-37-27-11-9-22(25-12-14-31-32-25)28(35-2)24(27)18-19-6-7-19/h8-12,14,19,21H,3-7,13,15-18H2,1-2H3,(H,31,32)(H,33,34). The Kier molecular flexibility index (Phi) is 8.05. The molecule has 0 amide bonds. The fourth-order valence-corrected chi connectivity index (χ4v) is 5.20. The summed E-state index contributed by atoms with van der Waals surface area (Å²) in [6.07, 6.45) is 8.09. The molecule has 5 rings (SSSR count). The molecule has 38 heavy (non-hydrogen) atoms. The van der Waals surface area contributed by atoms with Crippen LogP contribution in [0.4, 0.5) is 0 Å². The number of aromatic amines is 1. The van der Waals surface area contributed by atoms with Crippen LogP contribution in [-0.4, -0.2) is 48.2 Å². The predicted octanol–water partition coefficient (Wildman–Crippen LogP) is 5.79. The zero-order chi connectivity index (χ0) is 26.5. The molecule has 1 aliphatic carbocycles. The van der Waals surface area contributed by atoms with Crippen molar-refractivity contribution in [3.05, 3.63) is 53.2 Å². The van der Waals surface area contributed by atoms with Gasteiger partial charge in [-0.1, -0.05) is 19.4 Å². The van der Waals surface area contributed by atoms with Crippen molar-refractivity contribution in [3.63, 3.8) is 0 Å². The predicted molar refractivity (Wildman–Crippen MR) is 144 cm³/mol. The van der Waals surface area contributed by atoms with Crippen LogP contribution in [0.1, 0.15) is 61.6 Å². The number of ether oxygens (including phenoxy) is 4. The maximum absolute atomic E-state index is 11.7. The maximum atomic E-state index is 11.7. The number of aliphatic carboxylic acids is 1. The third-order valence-corrected chi connectivity index (χ3v) is 7.27. The van der Waals surface area contributed by atoms with E-state index in [0.29, 0.717) is 44.3 Å². The van der Waals surface area contributed by atoms with Crippen LogP contribution in [0.5, 0.6) is 23.0 Å². The van der Waals surface area contributed by atoms with E-state index >= 15 is 0 Å². The summed E-state index contributed by atoms with van der Waals surface area (Å²) < 4.78 is 24.2. The Morgan fingerprint density at radius 1 is 1.08 bits per heavy atom. The lowest BCUT2D eigenvalue weighted by Crippen LogP contribution is -2.22.